The number of carboxylic acids is 2. The molecule has 8 nitrogen and oxygen atoms in total. The minimum Gasteiger partial charge on any atom is -0.481 e. The first-order valence-corrected chi connectivity index (χ1v) is 10.9. The van der Waals surface area contributed by atoms with E-state index in [9.17, 15) is 19.2 Å². The molecule has 30 heavy (non-hydrogen) atoms. The zero-order valence-electron chi connectivity index (χ0n) is 17.6. The summed E-state index contributed by atoms with van der Waals surface area (Å²) in [6.07, 6.45) is 14.1. The van der Waals surface area contributed by atoms with Gasteiger partial charge in [-0.1, -0.05) is 12.8 Å². The van der Waals surface area contributed by atoms with E-state index >= 15 is 0 Å². The van der Waals surface area contributed by atoms with Crippen molar-refractivity contribution in [1.82, 2.24) is 0 Å². The van der Waals surface area contributed by atoms with Gasteiger partial charge in [-0.25, -0.2) is 9.59 Å². The average Bonchev–Trinajstić information content (AvgIpc) is 2.71. The third-order valence-corrected chi connectivity index (χ3v) is 5.06. The Kier molecular flexibility index (Phi) is 13.2. The quantitative estimate of drug-likeness (QED) is 0.322. The van der Waals surface area contributed by atoms with Gasteiger partial charge in [-0.3, -0.25) is 9.59 Å². The van der Waals surface area contributed by atoms with E-state index in [0.717, 1.165) is 51.4 Å². The molecule has 8 heteroatoms. The van der Waals surface area contributed by atoms with E-state index in [4.69, 9.17) is 19.7 Å². The molecule has 0 aromatic carbocycles. The Morgan fingerprint density at radius 1 is 0.633 bits per heavy atom. The number of hydrogen-bond acceptors (Lipinski definition) is 6. The molecule has 0 bridgehead atoms. The van der Waals surface area contributed by atoms with E-state index in [0.29, 0.717) is 12.8 Å². The summed E-state index contributed by atoms with van der Waals surface area (Å²) >= 11 is 0. The van der Waals surface area contributed by atoms with Gasteiger partial charge in [0.25, 0.3) is 0 Å². The maximum atomic E-state index is 11.6. The zero-order valence-corrected chi connectivity index (χ0v) is 17.6. The summed E-state index contributed by atoms with van der Waals surface area (Å²) in [6, 6.07) is 0. The van der Waals surface area contributed by atoms with Crippen molar-refractivity contribution in [3.63, 3.8) is 0 Å². The van der Waals surface area contributed by atoms with Gasteiger partial charge in [-0.15, -0.1) is 0 Å². The fourth-order valence-electron chi connectivity index (χ4n) is 3.46. The number of rotatable bonds is 9. The van der Waals surface area contributed by atoms with E-state index < -0.39 is 23.9 Å². The van der Waals surface area contributed by atoms with Crippen molar-refractivity contribution in [3.8, 4) is 0 Å². The summed E-state index contributed by atoms with van der Waals surface area (Å²) in [5, 5.41) is 16.3. The van der Waals surface area contributed by atoms with Crippen LogP contribution in [0.5, 0.6) is 0 Å². The lowest BCUT2D eigenvalue weighted by Crippen LogP contribution is -2.21. The number of carbonyl (C=O) groups is 4. The van der Waals surface area contributed by atoms with Crippen molar-refractivity contribution >= 4 is 23.9 Å². The van der Waals surface area contributed by atoms with E-state index in [1.807, 2.05) is 0 Å². The van der Waals surface area contributed by atoms with Crippen LogP contribution in [0.4, 0.5) is 0 Å². The number of aliphatic carboxylic acids is 2. The molecular weight excluding hydrogens is 392 g/mol. The molecule has 0 unspecified atom stereocenters. The standard InChI is InChI=1S/C16H24O4.C6H10O4/c17-15(19-13-7-3-1-4-8-13)11-12-16(18)20-14-9-5-2-6-10-14;7-5(8)3-1-2-4-6(9)10/h11-14H,1-10H2;1-4H2,(H,7,8)(H,9,10)/b12-11-;. The Morgan fingerprint density at radius 2 is 0.967 bits per heavy atom. The molecule has 0 aromatic rings. The SMILES string of the molecule is O=C(/C=C\C(=O)OC1CCCCC1)OC1CCCCC1.O=C(O)CCCCC(=O)O. The van der Waals surface area contributed by atoms with Crippen LogP contribution in [-0.2, 0) is 28.7 Å². The summed E-state index contributed by atoms with van der Waals surface area (Å²) in [4.78, 5) is 43.0. The van der Waals surface area contributed by atoms with Crippen LogP contribution in [0.2, 0.25) is 0 Å². The van der Waals surface area contributed by atoms with Crippen molar-refractivity contribution in [3.05, 3.63) is 12.2 Å². The Labute approximate surface area is 177 Å². The molecule has 2 aliphatic rings. The predicted molar refractivity (Wildman–Crippen MR) is 109 cm³/mol. The first kappa shape index (κ1) is 25.7. The van der Waals surface area contributed by atoms with Crippen LogP contribution < -0.4 is 0 Å². The van der Waals surface area contributed by atoms with Crippen molar-refractivity contribution < 1.29 is 38.9 Å². The fourth-order valence-corrected chi connectivity index (χ4v) is 3.46. The molecule has 2 saturated carbocycles. The molecule has 2 rings (SSSR count). The predicted octanol–water partition coefficient (Wildman–Crippen LogP) is 4.01. The van der Waals surface area contributed by atoms with Gasteiger partial charge >= 0.3 is 23.9 Å². The molecule has 0 saturated heterocycles. The van der Waals surface area contributed by atoms with Gasteiger partial charge in [0.05, 0.1) is 0 Å². The summed E-state index contributed by atoms with van der Waals surface area (Å²) in [6.45, 7) is 0. The topological polar surface area (TPSA) is 127 Å². The van der Waals surface area contributed by atoms with Crippen LogP contribution in [0.1, 0.15) is 89.9 Å². The molecule has 0 heterocycles. The van der Waals surface area contributed by atoms with E-state index in [1.165, 1.54) is 25.0 Å². The lowest BCUT2D eigenvalue weighted by Gasteiger charge is -2.21. The maximum absolute atomic E-state index is 11.6. The normalized spacial score (nSPS) is 17.6. The van der Waals surface area contributed by atoms with Crippen LogP contribution in [0.15, 0.2) is 12.2 Å². The molecule has 0 radical (unpaired) electrons. The Morgan fingerprint density at radius 3 is 1.27 bits per heavy atom. The maximum Gasteiger partial charge on any atom is 0.331 e. The molecule has 2 N–H and O–H groups in total. The van der Waals surface area contributed by atoms with Crippen LogP contribution in [0.25, 0.3) is 0 Å². The molecule has 0 amide bonds. The second-order valence-electron chi connectivity index (χ2n) is 7.72. The number of carboxylic acid groups (broad SMARTS) is 2. The van der Waals surface area contributed by atoms with Crippen molar-refractivity contribution in [1.29, 1.82) is 0 Å². The number of carbonyl (C=O) groups excluding carboxylic acids is 2. The van der Waals surface area contributed by atoms with Crippen LogP contribution >= 0.6 is 0 Å². The zero-order chi connectivity index (χ0) is 22.2. The lowest BCUT2D eigenvalue weighted by atomic mass is 9.98. The highest BCUT2D eigenvalue weighted by Gasteiger charge is 2.18. The molecule has 0 spiro atoms. The number of esters is 2. The summed E-state index contributed by atoms with van der Waals surface area (Å²) in [5.41, 5.74) is 0. The minimum absolute atomic E-state index is 0.0234. The van der Waals surface area contributed by atoms with Crippen LogP contribution in [0.3, 0.4) is 0 Å². The molecule has 170 valence electrons. The second-order valence-corrected chi connectivity index (χ2v) is 7.72. The van der Waals surface area contributed by atoms with Gasteiger partial charge in [-0.05, 0) is 64.2 Å². The van der Waals surface area contributed by atoms with Crippen molar-refractivity contribution in [2.75, 3.05) is 0 Å². The monoisotopic (exact) mass is 426 g/mol. The van der Waals surface area contributed by atoms with E-state index in [2.05, 4.69) is 0 Å². The average molecular weight is 427 g/mol. The van der Waals surface area contributed by atoms with Gasteiger partial charge in [0.2, 0.25) is 0 Å². The fraction of sp³-hybridized carbons (Fsp3) is 0.727. The summed E-state index contributed by atoms with van der Waals surface area (Å²) < 4.78 is 10.6. The minimum atomic E-state index is -0.870. The molecule has 0 atom stereocenters. The summed E-state index contributed by atoms with van der Waals surface area (Å²) in [7, 11) is 0. The Bertz CT molecular complexity index is 522. The van der Waals surface area contributed by atoms with Gasteiger partial charge < -0.3 is 19.7 Å². The number of ether oxygens (including phenoxy) is 2. The smallest absolute Gasteiger partial charge is 0.331 e. The Hall–Kier alpha value is -2.38. The van der Waals surface area contributed by atoms with Crippen LogP contribution in [-0.4, -0.2) is 46.3 Å². The van der Waals surface area contributed by atoms with Gasteiger partial charge in [0.1, 0.15) is 12.2 Å². The second kappa shape index (κ2) is 15.5. The molecule has 2 fully saturated rings. The Balaban J connectivity index is 0.000000382. The first-order valence-electron chi connectivity index (χ1n) is 10.9. The highest BCUT2D eigenvalue weighted by molar-refractivity contribution is 5.91. The van der Waals surface area contributed by atoms with Crippen molar-refractivity contribution in [2.24, 2.45) is 0 Å². The molecule has 0 aromatic heterocycles. The van der Waals surface area contributed by atoms with Gasteiger partial charge in [0, 0.05) is 25.0 Å². The van der Waals surface area contributed by atoms with E-state index in [1.54, 1.807) is 0 Å². The largest absolute Gasteiger partial charge is 0.481 e. The van der Waals surface area contributed by atoms with E-state index in [-0.39, 0.29) is 25.0 Å². The first-order chi connectivity index (χ1) is 14.4. The number of unbranched alkanes of at least 4 members (excludes halogenated alkanes) is 1. The highest BCUT2D eigenvalue weighted by atomic mass is 16.5. The summed E-state index contributed by atoms with van der Waals surface area (Å²) in [5.74, 6) is -2.61. The highest BCUT2D eigenvalue weighted by Crippen LogP contribution is 2.21. The third kappa shape index (κ3) is 13.7. The van der Waals surface area contributed by atoms with Crippen molar-refractivity contribution in [2.45, 2.75) is 102 Å². The molecule has 0 aliphatic heterocycles. The van der Waals surface area contributed by atoms with Gasteiger partial charge in [-0.2, -0.15) is 0 Å². The van der Waals surface area contributed by atoms with Gasteiger partial charge in [0.15, 0.2) is 0 Å². The third-order valence-electron chi connectivity index (χ3n) is 5.06. The lowest BCUT2D eigenvalue weighted by molar-refractivity contribution is -0.147. The van der Waals surface area contributed by atoms with Crippen LogP contribution in [0, 0.1) is 0 Å². The molecule has 2 aliphatic carbocycles. The number of hydrogen-bond donors (Lipinski definition) is 2. The molecular formula is C22H34O8.